The number of thioether (sulfide) groups is 1. The smallest absolute Gasteiger partial charge is 0.331 e. The number of carboxylic acid groups (broad SMARTS) is 1. The number of hydrogen-bond acceptors (Lipinski definition) is 3. The molecule has 3 nitrogen and oxygen atoms in total. The molecule has 0 aromatic carbocycles. The molecule has 0 unspecified atom stereocenters. The third-order valence-electron chi connectivity index (χ3n) is 1.37. The number of aromatic nitrogens is 1. The van der Waals surface area contributed by atoms with Crippen molar-refractivity contribution in [3.8, 4) is 0 Å². The Morgan fingerprint density at radius 3 is 2.69 bits per heavy atom. The summed E-state index contributed by atoms with van der Waals surface area (Å²) in [5.74, 6) is -0.541. The Bertz CT molecular complexity index is 311. The molecule has 0 aliphatic carbocycles. The Kier molecular flexibility index (Phi) is 3.52. The van der Waals surface area contributed by atoms with Crippen LogP contribution < -0.4 is 0 Å². The predicted molar refractivity (Wildman–Crippen MR) is 51.7 cm³/mol. The maximum Gasteiger partial charge on any atom is 0.331 e. The van der Waals surface area contributed by atoms with Crippen LogP contribution in [0.5, 0.6) is 0 Å². The Morgan fingerprint density at radius 2 is 2.15 bits per heavy atom. The molecule has 1 heterocycles. The van der Waals surface area contributed by atoms with E-state index >= 15 is 0 Å². The van der Waals surface area contributed by atoms with Crippen LogP contribution >= 0.6 is 11.8 Å². The zero-order valence-corrected chi connectivity index (χ0v) is 7.75. The fourth-order valence-corrected chi connectivity index (χ4v) is 1.45. The Labute approximate surface area is 80.5 Å². The minimum atomic E-state index is -0.943. The second-order valence-corrected chi connectivity index (χ2v) is 3.43. The van der Waals surface area contributed by atoms with Gasteiger partial charge in [0.15, 0.2) is 0 Å². The molecule has 0 atom stereocenters. The molecule has 0 aliphatic rings. The number of carbonyl (C=O) groups is 1. The van der Waals surface area contributed by atoms with E-state index in [-0.39, 0.29) is 5.57 Å². The maximum atomic E-state index is 10.4. The summed E-state index contributed by atoms with van der Waals surface area (Å²) in [4.78, 5) is 15.2. The van der Waals surface area contributed by atoms with E-state index in [1.54, 1.807) is 12.4 Å². The van der Waals surface area contributed by atoms with Crippen molar-refractivity contribution in [2.24, 2.45) is 0 Å². The van der Waals surface area contributed by atoms with Crippen LogP contribution in [0.15, 0.2) is 41.6 Å². The van der Waals surface area contributed by atoms with Gasteiger partial charge in [-0.3, -0.25) is 4.98 Å². The zero-order valence-electron chi connectivity index (χ0n) is 6.93. The van der Waals surface area contributed by atoms with Gasteiger partial charge < -0.3 is 5.11 Å². The van der Waals surface area contributed by atoms with Gasteiger partial charge in [-0.25, -0.2) is 4.79 Å². The van der Waals surface area contributed by atoms with Gasteiger partial charge in [-0.1, -0.05) is 6.58 Å². The molecule has 0 fully saturated rings. The van der Waals surface area contributed by atoms with Gasteiger partial charge in [-0.15, -0.1) is 11.8 Å². The van der Waals surface area contributed by atoms with Crippen molar-refractivity contribution >= 4 is 17.7 Å². The van der Waals surface area contributed by atoms with E-state index in [4.69, 9.17) is 5.11 Å². The summed E-state index contributed by atoms with van der Waals surface area (Å²) in [7, 11) is 0. The summed E-state index contributed by atoms with van der Waals surface area (Å²) >= 11 is 1.44. The fourth-order valence-electron chi connectivity index (χ4n) is 0.667. The van der Waals surface area contributed by atoms with Crippen molar-refractivity contribution in [3.05, 3.63) is 36.7 Å². The summed E-state index contributed by atoms with van der Waals surface area (Å²) in [5, 5.41) is 8.53. The quantitative estimate of drug-likeness (QED) is 0.588. The lowest BCUT2D eigenvalue weighted by Gasteiger charge is -1.99. The Balaban J connectivity index is 2.44. The number of aliphatic carboxylic acids is 1. The van der Waals surface area contributed by atoms with Gasteiger partial charge in [0.2, 0.25) is 0 Å². The first kappa shape index (κ1) is 9.80. The predicted octanol–water partition coefficient (Wildman–Crippen LogP) is 1.81. The molecule has 0 spiro atoms. The molecule has 13 heavy (non-hydrogen) atoms. The van der Waals surface area contributed by atoms with E-state index in [1.165, 1.54) is 11.8 Å². The maximum absolute atomic E-state index is 10.4. The molecule has 1 aromatic heterocycles. The second kappa shape index (κ2) is 4.67. The molecule has 0 saturated carbocycles. The number of hydrogen-bond donors (Lipinski definition) is 1. The van der Waals surface area contributed by atoms with Gasteiger partial charge >= 0.3 is 5.97 Å². The number of pyridine rings is 1. The van der Waals surface area contributed by atoms with Gasteiger partial charge in [-0.2, -0.15) is 0 Å². The first-order valence-electron chi connectivity index (χ1n) is 3.64. The largest absolute Gasteiger partial charge is 0.478 e. The molecular formula is C9H9NO2S. The SMILES string of the molecule is C=C(CSc1ccncc1)C(=O)O. The summed E-state index contributed by atoms with van der Waals surface area (Å²) in [6.07, 6.45) is 3.34. The highest BCUT2D eigenvalue weighted by Gasteiger charge is 2.03. The average Bonchev–Trinajstić information content (AvgIpc) is 2.15. The highest BCUT2D eigenvalue weighted by Crippen LogP contribution is 2.18. The van der Waals surface area contributed by atoms with Crippen molar-refractivity contribution in [2.75, 3.05) is 5.75 Å². The molecule has 1 aromatic rings. The third kappa shape index (κ3) is 3.29. The van der Waals surface area contributed by atoms with Crippen molar-refractivity contribution in [2.45, 2.75) is 4.90 Å². The zero-order chi connectivity index (χ0) is 9.68. The normalized spacial score (nSPS) is 9.54. The minimum Gasteiger partial charge on any atom is -0.478 e. The van der Waals surface area contributed by atoms with E-state index < -0.39 is 5.97 Å². The molecule has 0 saturated heterocycles. The van der Waals surface area contributed by atoms with E-state index in [2.05, 4.69) is 11.6 Å². The summed E-state index contributed by atoms with van der Waals surface area (Å²) in [6.45, 7) is 3.43. The first-order valence-corrected chi connectivity index (χ1v) is 4.62. The van der Waals surface area contributed by atoms with Crippen LogP contribution in [0.4, 0.5) is 0 Å². The first-order chi connectivity index (χ1) is 6.20. The second-order valence-electron chi connectivity index (χ2n) is 2.38. The van der Waals surface area contributed by atoms with E-state index in [0.717, 1.165) is 4.90 Å². The summed E-state index contributed by atoms with van der Waals surface area (Å²) in [5.41, 5.74) is 0.210. The van der Waals surface area contributed by atoms with Gasteiger partial charge in [0, 0.05) is 28.6 Å². The van der Waals surface area contributed by atoms with Crippen LogP contribution in [0.3, 0.4) is 0 Å². The number of nitrogens with zero attached hydrogens (tertiary/aromatic N) is 1. The van der Waals surface area contributed by atoms with Crippen LogP contribution in [0.2, 0.25) is 0 Å². The van der Waals surface area contributed by atoms with Crippen LogP contribution in [0, 0.1) is 0 Å². The molecular weight excluding hydrogens is 186 g/mol. The van der Waals surface area contributed by atoms with Gasteiger partial charge in [0.25, 0.3) is 0 Å². The van der Waals surface area contributed by atoms with Crippen LogP contribution in [-0.4, -0.2) is 21.8 Å². The Hall–Kier alpha value is -1.29. The lowest BCUT2D eigenvalue weighted by molar-refractivity contribution is -0.132. The molecule has 68 valence electrons. The van der Waals surface area contributed by atoms with Crippen molar-refractivity contribution < 1.29 is 9.90 Å². The highest BCUT2D eigenvalue weighted by molar-refractivity contribution is 7.99. The van der Waals surface area contributed by atoms with E-state index in [0.29, 0.717) is 5.75 Å². The molecule has 0 radical (unpaired) electrons. The summed E-state index contributed by atoms with van der Waals surface area (Å²) < 4.78 is 0. The molecule has 0 bridgehead atoms. The summed E-state index contributed by atoms with van der Waals surface area (Å²) in [6, 6.07) is 3.67. The molecule has 1 N–H and O–H groups in total. The van der Waals surface area contributed by atoms with Crippen molar-refractivity contribution in [1.82, 2.24) is 4.98 Å². The third-order valence-corrected chi connectivity index (χ3v) is 2.46. The standard InChI is InChI=1S/C9H9NO2S/c1-7(9(11)12)6-13-8-2-4-10-5-3-8/h2-5H,1,6H2,(H,11,12). The van der Waals surface area contributed by atoms with Crippen LogP contribution in [-0.2, 0) is 4.79 Å². The lowest BCUT2D eigenvalue weighted by atomic mass is 10.4. The van der Waals surface area contributed by atoms with Gasteiger partial charge in [0.1, 0.15) is 0 Å². The van der Waals surface area contributed by atoms with Crippen molar-refractivity contribution in [1.29, 1.82) is 0 Å². The number of rotatable bonds is 4. The molecule has 4 heteroatoms. The Morgan fingerprint density at radius 1 is 1.54 bits per heavy atom. The average molecular weight is 195 g/mol. The van der Waals surface area contributed by atoms with Crippen molar-refractivity contribution in [3.63, 3.8) is 0 Å². The fraction of sp³-hybridized carbons (Fsp3) is 0.111. The van der Waals surface area contributed by atoms with Gasteiger partial charge in [0.05, 0.1) is 0 Å². The lowest BCUT2D eigenvalue weighted by Crippen LogP contribution is -2.00. The molecule has 1 rings (SSSR count). The molecule has 0 amide bonds. The minimum absolute atomic E-state index is 0.210. The topological polar surface area (TPSA) is 50.2 Å². The van der Waals surface area contributed by atoms with Gasteiger partial charge in [-0.05, 0) is 12.1 Å². The molecule has 0 aliphatic heterocycles. The number of carboxylic acids is 1. The van der Waals surface area contributed by atoms with Crippen LogP contribution in [0.25, 0.3) is 0 Å². The monoisotopic (exact) mass is 195 g/mol. The van der Waals surface area contributed by atoms with E-state index in [9.17, 15) is 4.79 Å². The highest BCUT2D eigenvalue weighted by atomic mass is 32.2. The van der Waals surface area contributed by atoms with Crippen LogP contribution in [0.1, 0.15) is 0 Å². The van der Waals surface area contributed by atoms with E-state index in [1.807, 2.05) is 12.1 Å².